The van der Waals surface area contributed by atoms with Crippen molar-refractivity contribution in [3.05, 3.63) is 29.8 Å². The first-order valence-electron chi connectivity index (χ1n) is 8.99. The van der Waals surface area contributed by atoms with Gasteiger partial charge in [-0.05, 0) is 69.9 Å². The largest absolute Gasteiger partial charge is 0.316 e. The molecule has 2 saturated heterocycles. The number of benzene rings is 1. The Hall–Kier alpha value is -1.11. The van der Waals surface area contributed by atoms with Crippen molar-refractivity contribution in [1.29, 1.82) is 0 Å². The molecule has 24 heavy (non-hydrogen) atoms. The van der Waals surface area contributed by atoms with Crippen LogP contribution in [0.4, 0.5) is 5.69 Å². The molecule has 0 radical (unpaired) electrons. The molecule has 0 spiro atoms. The molecule has 134 valence electrons. The van der Waals surface area contributed by atoms with Crippen LogP contribution in [0.25, 0.3) is 0 Å². The number of rotatable bonds is 5. The van der Waals surface area contributed by atoms with E-state index in [0.717, 1.165) is 37.7 Å². The molecule has 2 heterocycles. The van der Waals surface area contributed by atoms with E-state index in [1.54, 1.807) is 4.31 Å². The highest BCUT2D eigenvalue weighted by molar-refractivity contribution is 7.93. The van der Waals surface area contributed by atoms with E-state index in [9.17, 15) is 8.42 Å². The van der Waals surface area contributed by atoms with Gasteiger partial charge in [0.05, 0.1) is 11.4 Å². The molecule has 0 aliphatic carbocycles. The van der Waals surface area contributed by atoms with Gasteiger partial charge in [0, 0.05) is 19.1 Å². The van der Waals surface area contributed by atoms with E-state index >= 15 is 0 Å². The average Bonchev–Trinajstić information content (AvgIpc) is 2.94. The summed E-state index contributed by atoms with van der Waals surface area (Å²) in [6, 6.07) is 8.37. The minimum atomic E-state index is -3.09. The zero-order valence-electron chi connectivity index (χ0n) is 14.7. The Labute approximate surface area is 146 Å². The molecular formula is C18H29N3O2S. The normalized spacial score (nSPS) is 25.1. The monoisotopic (exact) mass is 351 g/mol. The molecule has 5 nitrogen and oxygen atoms in total. The van der Waals surface area contributed by atoms with Gasteiger partial charge in [-0.3, -0.25) is 9.21 Å². The number of nitrogens with zero attached hydrogens (tertiary/aromatic N) is 2. The summed E-state index contributed by atoms with van der Waals surface area (Å²) < 4.78 is 25.6. The Morgan fingerprint density at radius 2 is 2.04 bits per heavy atom. The average molecular weight is 352 g/mol. The Bertz CT molecular complexity index is 639. The molecule has 2 aliphatic rings. The molecule has 2 fully saturated rings. The van der Waals surface area contributed by atoms with E-state index in [0.29, 0.717) is 12.6 Å². The maximum Gasteiger partial charge on any atom is 0.235 e. The van der Waals surface area contributed by atoms with Gasteiger partial charge in [0.1, 0.15) is 0 Å². The van der Waals surface area contributed by atoms with Gasteiger partial charge in [-0.2, -0.15) is 0 Å². The molecule has 3 rings (SSSR count). The SMILES string of the molecule is CC(c1ccc(N2CCCS2(=O)=O)cc1)N(C)CC1CCCNC1. The van der Waals surface area contributed by atoms with Gasteiger partial charge in [-0.25, -0.2) is 8.42 Å². The molecule has 6 heteroatoms. The second-order valence-corrected chi connectivity index (χ2v) is 9.17. The van der Waals surface area contributed by atoms with Crippen LogP contribution in [0.1, 0.15) is 37.8 Å². The molecule has 2 aliphatic heterocycles. The molecule has 0 aromatic heterocycles. The smallest absolute Gasteiger partial charge is 0.235 e. The van der Waals surface area contributed by atoms with Gasteiger partial charge in [0.15, 0.2) is 0 Å². The third-order valence-electron chi connectivity index (χ3n) is 5.37. The molecule has 1 N–H and O–H groups in total. The fourth-order valence-electron chi connectivity index (χ4n) is 3.75. The first-order valence-corrected chi connectivity index (χ1v) is 10.6. The summed E-state index contributed by atoms with van der Waals surface area (Å²) in [7, 11) is -0.914. The maximum absolute atomic E-state index is 12.0. The summed E-state index contributed by atoms with van der Waals surface area (Å²) in [6.45, 7) is 6.18. The minimum Gasteiger partial charge on any atom is -0.316 e. The fourth-order valence-corrected chi connectivity index (χ4v) is 5.31. The summed E-state index contributed by atoms with van der Waals surface area (Å²) >= 11 is 0. The van der Waals surface area contributed by atoms with Gasteiger partial charge in [-0.1, -0.05) is 12.1 Å². The molecule has 0 bridgehead atoms. The first kappa shape index (κ1) is 17.7. The van der Waals surface area contributed by atoms with Crippen molar-refractivity contribution in [2.45, 2.75) is 32.2 Å². The highest BCUT2D eigenvalue weighted by atomic mass is 32.2. The third-order valence-corrected chi connectivity index (χ3v) is 7.24. The Kier molecular flexibility index (Phi) is 5.47. The van der Waals surface area contributed by atoms with Gasteiger partial charge < -0.3 is 5.32 Å². The number of sulfonamides is 1. The predicted octanol–water partition coefficient (Wildman–Crippen LogP) is 2.22. The molecule has 1 aromatic carbocycles. The minimum absolute atomic E-state index is 0.267. The Morgan fingerprint density at radius 3 is 2.62 bits per heavy atom. The van der Waals surface area contributed by atoms with Crippen molar-refractivity contribution < 1.29 is 8.42 Å². The Morgan fingerprint density at radius 1 is 1.29 bits per heavy atom. The molecule has 2 atom stereocenters. The van der Waals surface area contributed by atoms with Crippen molar-refractivity contribution in [2.75, 3.05) is 43.3 Å². The first-order chi connectivity index (χ1) is 11.5. The van der Waals surface area contributed by atoms with Crippen LogP contribution in [-0.4, -0.2) is 52.3 Å². The van der Waals surface area contributed by atoms with E-state index in [-0.39, 0.29) is 5.75 Å². The molecule has 0 saturated carbocycles. The van der Waals surface area contributed by atoms with E-state index < -0.39 is 10.0 Å². The van der Waals surface area contributed by atoms with E-state index in [1.807, 2.05) is 12.1 Å². The summed E-state index contributed by atoms with van der Waals surface area (Å²) in [6.07, 6.45) is 3.29. The fraction of sp³-hybridized carbons (Fsp3) is 0.667. The Balaban J connectivity index is 1.64. The lowest BCUT2D eigenvalue weighted by Crippen LogP contribution is -2.37. The van der Waals surface area contributed by atoms with Crippen LogP contribution >= 0.6 is 0 Å². The van der Waals surface area contributed by atoms with Gasteiger partial charge in [-0.15, -0.1) is 0 Å². The second-order valence-electron chi connectivity index (χ2n) is 7.16. The van der Waals surface area contributed by atoms with Crippen LogP contribution < -0.4 is 9.62 Å². The zero-order valence-corrected chi connectivity index (χ0v) is 15.6. The standard InChI is InChI=1S/C18H29N3O2S/c1-15(20(2)14-16-5-3-10-19-13-16)17-6-8-18(9-7-17)21-11-4-12-24(21,22)23/h6-9,15-16,19H,3-5,10-14H2,1-2H3. The van der Waals surface area contributed by atoms with Crippen LogP contribution in [0.3, 0.4) is 0 Å². The number of piperidine rings is 1. The van der Waals surface area contributed by atoms with Crippen LogP contribution in [0.5, 0.6) is 0 Å². The quantitative estimate of drug-likeness (QED) is 0.884. The van der Waals surface area contributed by atoms with Crippen molar-refractivity contribution in [1.82, 2.24) is 10.2 Å². The summed E-state index contributed by atoms with van der Waals surface area (Å²) in [5.41, 5.74) is 2.03. The third kappa shape index (κ3) is 3.92. The van der Waals surface area contributed by atoms with Gasteiger partial charge >= 0.3 is 0 Å². The summed E-state index contributed by atoms with van der Waals surface area (Å²) in [4.78, 5) is 2.40. The van der Waals surface area contributed by atoms with Crippen molar-refractivity contribution in [2.24, 2.45) is 5.92 Å². The van der Waals surface area contributed by atoms with Crippen LogP contribution in [0.2, 0.25) is 0 Å². The predicted molar refractivity (Wildman–Crippen MR) is 98.8 cm³/mol. The van der Waals surface area contributed by atoms with E-state index in [2.05, 4.69) is 36.3 Å². The molecule has 0 amide bonds. The number of hydrogen-bond acceptors (Lipinski definition) is 4. The lowest BCUT2D eigenvalue weighted by molar-refractivity contribution is 0.199. The van der Waals surface area contributed by atoms with E-state index in [1.165, 1.54) is 18.4 Å². The topological polar surface area (TPSA) is 52.7 Å². The van der Waals surface area contributed by atoms with Gasteiger partial charge in [0.25, 0.3) is 0 Å². The highest BCUT2D eigenvalue weighted by Gasteiger charge is 2.28. The summed E-state index contributed by atoms with van der Waals surface area (Å²) in [5.74, 6) is 0.990. The lowest BCUT2D eigenvalue weighted by atomic mass is 9.98. The molecular weight excluding hydrogens is 322 g/mol. The molecule has 1 aromatic rings. The van der Waals surface area contributed by atoms with Crippen LogP contribution in [0.15, 0.2) is 24.3 Å². The van der Waals surface area contributed by atoms with Crippen molar-refractivity contribution in [3.63, 3.8) is 0 Å². The second kappa shape index (κ2) is 7.42. The maximum atomic E-state index is 12.0. The van der Waals surface area contributed by atoms with Crippen molar-refractivity contribution >= 4 is 15.7 Å². The van der Waals surface area contributed by atoms with E-state index in [4.69, 9.17) is 0 Å². The number of hydrogen-bond donors (Lipinski definition) is 1. The zero-order chi connectivity index (χ0) is 17.2. The van der Waals surface area contributed by atoms with Crippen LogP contribution in [-0.2, 0) is 10.0 Å². The van der Waals surface area contributed by atoms with Crippen LogP contribution in [0, 0.1) is 5.92 Å². The van der Waals surface area contributed by atoms with Crippen molar-refractivity contribution in [3.8, 4) is 0 Å². The lowest BCUT2D eigenvalue weighted by Gasteiger charge is -2.31. The number of anilines is 1. The highest BCUT2D eigenvalue weighted by Crippen LogP contribution is 2.27. The van der Waals surface area contributed by atoms with Gasteiger partial charge in [0.2, 0.25) is 10.0 Å². The number of nitrogens with one attached hydrogen (secondary N) is 1. The summed E-state index contributed by atoms with van der Waals surface area (Å²) in [5, 5.41) is 3.48. The molecule has 2 unspecified atom stereocenters.